The Hall–Kier alpha value is -3.45. The van der Waals surface area contributed by atoms with Gasteiger partial charge in [0.2, 0.25) is 11.8 Å². The number of amides is 2. The van der Waals surface area contributed by atoms with Crippen molar-refractivity contribution < 1.29 is 9.59 Å². The van der Waals surface area contributed by atoms with Crippen molar-refractivity contribution in [2.75, 3.05) is 10.6 Å². The van der Waals surface area contributed by atoms with Crippen LogP contribution in [-0.4, -0.2) is 21.4 Å². The standard InChI is InChI=1S/C22H25N5O2/c1-16(28)25-21-14-27(15-22(21)26-17(2)29)13-19-8-6-18(7-9-19)11-23-12-20-5-3-4-10-24-20/h3-10,14-15,23H,11-13H2,1-2H3,(H,25,28)(H,26,29). The second-order valence-electron chi connectivity index (χ2n) is 6.86. The predicted octanol–water partition coefficient (Wildman–Crippen LogP) is 3.14. The number of pyridine rings is 1. The van der Waals surface area contributed by atoms with Gasteiger partial charge in [0.15, 0.2) is 0 Å². The highest BCUT2D eigenvalue weighted by Gasteiger charge is 2.10. The summed E-state index contributed by atoms with van der Waals surface area (Å²) >= 11 is 0. The molecule has 0 fully saturated rings. The molecule has 2 heterocycles. The average Bonchev–Trinajstić information content (AvgIpc) is 3.03. The highest BCUT2D eigenvalue weighted by molar-refractivity contribution is 5.98. The molecule has 7 heteroatoms. The van der Waals surface area contributed by atoms with Crippen molar-refractivity contribution in [2.45, 2.75) is 33.5 Å². The molecule has 0 saturated heterocycles. The molecule has 3 N–H and O–H groups in total. The lowest BCUT2D eigenvalue weighted by molar-refractivity contribution is -0.115. The van der Waals surface area contributed by atoms with Crippen LogP contribution in [0, 0.1) is 0 Å². The van der Waals surface area contributed by atoms with Gasteiger partial charge in [0, 0.05) is 52.1 Å². The minimum atomic E-state index is -0.183. The second-order valence-corrected chi connectivity index (χ2v) is 6.86. The normalized spacial score (nSPS) is 10.6. The first-order valence-electron chi connectivity index (χ1n) is 9.43. The highest BCUT2D eigenvalue weighted by atomic mass is 16.2. The average molecular weight is 391 g/mol. The van der Waals surface area contributed by atoms with Crippen LogP contribution < -0.4 is 16.0 Å². The van der Waals surface area contributed by atoms with E-state index in [1.807, 2.05) is 35.2 Å². The topological polar surface area (TPSA) is 88.1 Å². The quantitative estimate of drug-likeness (QED) is 0.550. The van der Waals surface area contributed by atoms with Gasteiger partial charge in [-0.3, -0.25) is 14.6 Å². The summed E-state index contributed by atoms with van der Waals surface area (Å²) in [5, 5.41) is 8.87. The van der Waals surface area contributed by atoms with E-state index in [0.717, 1.165) is 24.3 Å². The summed E-state index contributed by atoms with van der Waals surface area (Å²) in [7, 11) is 0. The van der Waals surface area contributed by atoms with E-state index in [0.29, 0.717) is 17.9 Å². The number of nitrogens with zero attached hydrogens (tertiary/aromatic N) is 2. The number of nitrogens with one attached hydrogen (secondary N) is 3. The van der Waals surface area contributed by atoms with E-state index in [9.17, 15) is 9.59 Å². The number of carbonyl (C=O) groups is 2. The summed E-state index contributed by atoms with van der Waals surface area (Å²) in [6.45, 7) is 5.00. The molecule has 1 aromatic carbocycles. The zero-order valence-corrected chi connectivity index (χ0v) is 16.6. The molecule has 7 nitrogen and oxygen atoms in total. The van der Waals surface area contributed by atoms with Gasteiger partial charge in [0.25, 0.3) is 0 Å². The van der Waals surface area contributed by atoms with Crippen LogP contribution in [0.2, 0.25) is 0 Å². The molecule has 0 unspecified atom stereocenters. The first-order valence-corrected chi connectivity index (χ1v) is 9.43. The lowest BCUT2D eigenvalue weighted by Crippen LogP contribution is -2.13. The highest BCUT2D eigenvalue weighted by Crippen LogP contribution is 2.24. The van der Waals surface area contributed by atoms with Crippen molar-refractivity contribution in [2.24, 2.45) is 0 Å². The van der Waals surface area contributed by atoms with Gasteiger partial charge < -0.3 is 20.5 Å². The summed E-state index contributed by atoms with van der Waals surface area (Å²) in [5.41, 5.74) is 4.50. The Morgan fingerprint density at radius 3 is 2.03 bits per heavy atom. The Labute approximate surface area is 170 Å². The molecule has 0 bridgehead atoms. The van der Waals surface area contributed by atoms with Crippen molar-refractivity contribution in [1.82, 2.24) is 14.9 Å². The molecule has 3 rings (SSSR count). The van der Waals surface area contributed by atoms with Crippen LogP contribution in [-0.2, 0) is 29.2 Å². The Balaban J connectivity index is 1.59. The largest absolute Gasteiger partial charge is 0.346 e. The van der Waals surface area contributed by atoms with Crippen molar-refractivity contribution in [3.63, 3.8) is 0 Å². The van der Waals surface area contributed by atoms with Crippen LogP contribution in [0.15, 0.2) is 61.1 Å². The number of hydrogen-bond donors (Lipinski definition) is 3. The zero-order valence-electron chi connectivity index (χ0n) is 16.6. The van der Waals surface area contributed by atoms with Crippen molar-refractivity contribution in [3.8, 4) is 0 Å². The van der Waals surface area contributed by atoms with Crippen LogP contribution in [0.1, 0.15) is 30.7 Å². The Kier molecular flexibility index (Phi) is 6.76. The monoisotopic (exact) mass is 391 g/mol. The Morgan fingerprint density at radius 1 is 0.862 bits per heavy atom. The fourth-order valence-corrected chi connectivity index (χ4v) is 2.99. The predicted molar refractivity (Wildman–Crippen MR) is 113 cm³/mol. The fourth-order valence-electron chi connectivity index (χ4n) is 2.99. The first kappa shape index (κ1) is 20.3. The fraction of sp³-hybridized carbons (Fsp3) is 0.227. The molecule has 0 aliphatic carbocycles. The van der Waals surface area contributed by atoms with E-state index >= 15 is 0 Å². The van der Waals surface area contributed by atoms with Crippen LogP contribution in [0.4, 0.5) is 11.4 Å². The van der Waals surface area contributed by atoms with E-state index < -0.39 is 0 Å². The number of benzene rings is 1. The number of anilines is 2. The number of aromatic nitrogens is 2. The third-order valence-corrected chi connectivity index (χ3v) is 4.25. The molecule has 2 amide bonds. The van der Waals surface area contributed by atoms with Gasteiger partial charge >= 0.3 is 0 Å². The maximum Gasteiger partial charge on any atom is 0.221 e. The van der Waals surface area contributed by atoms with Gasteiger partial charge in [0.1, 0.15) is 0 Å². The summed E-state index contributed by atoms with van der Waals surface area (Å²) in [4.78, 5) is 27.1. The molecule has 0 saturated carbocycles. The van der Waals surface area contributed by atoms with E-state index in [4.69, 9.17) is 0 Å². The molecule has 3 aromatic rings. The van der Waals surface area contributed by atoms with Gasteiger partial charge in [-0.15, -0.1) is 0 Å². The summed E-state index contributed by atoms with van der Waals surface area (Å²) in [5.74, 6) is -0.367. The van der Waals surface area contributed by atoms with E-state index in [1.165, 1.54) is 19.4 Å². The zero-order chi connectivity index (χ0) is 20.6. The molecule has 29 heavy (non-hydrogen) atoms. The van der Waals surface area contributed by atoms with Crippen LogP contribution >= 0.6 is 0 Å². The van der Waals surface area contributed by atoms with Gasteiger partial charge in [-0.05, 0) is 23.3 Å². The second kappa shape index (κ2) is 9.66. The molecular weight excluding hydrogens is 366 g/mol. The van der Waals surface area contributed by atoms with Crippen molar-refractivity contribution in [1.29, 1.82) is 0 Å². The van der Waals surface area contributed by atoms with Crippen LogP contribution in [0.5, 0.6) is 0 Å². The van der Waals surface area contributed by atoms with Crippen molar-refractivity contribution in [3.05, 3.63) is 77.9 Å². The maximum absolute atomic E-state index is 11.4. The summed E-state index contributed by atoms with van der Waals surface area (Å²) in [6.07, 6.45) is 5.42. The first-order chi connectivity index (χ1) is 14.0. The molecule has 0 radical (unpaired) electrons. The van der Waals surface area contributed by atoms with Gasteiger partial charge in [-0.2, -0.15) is 0 Å². The number of hydrogen-bond acceptors (Lipinski definition) is 4. The molecular formula is C22H25N5O2. The molecule has 150 valence electrons. The van der Waals surface area contributed by atoms with Gasteiger partial charge in [-0.25, -0.2) is 0 Å². The summed E-state index contributed by atoms with van der Waals surface area (Å²) < 4.78 is 1.94. The molecule has 0 aliphatic heterocycles. The summed E-state index contributed by atoms with van der Waals surface area (Å²) in [6, 6.07) is 14.2. The molecule has 2 aromatic heterocycles. The Morgan fingerprint density at radius 2 is 1.48 bits per heavy atom. The van der Waals surface area contributed by atoms with Gasteiger partial charge in [0.05, 0.1) is 17.1 Å². The number of rotatable bonds is 8. The lowest BCUT2D eigenvalue weighted by Gasteiger charge is -2.07. The number of carbonyl (C=O) groups excluding carboxylic acids is 2. The molecule has 0 atom stereocenters. The SMILES string of the molecule is CC(=O)Nc1cn(Cc2ccc(CNCc3ccccn3)cc2)cc1NC(C)=O. The van der Waals surface area contributed by atoms with E-state index in [2.05, 4.69) is 45.2 Å². The van der Waals surface area contributed by atoms with Crippen LogP contribution in [0.3, 0.4) is 0 Å². The smallest absolute Gasteiger partial charge is 0.221 e. The van der Waals surface area contributed by atoms with E-state index in [1.54, 1.807) is 6.20 Å². The third-order valence-electron chi connectivity index (χ3n) is 4.25. The molecule has 0 spiro atoms. The van der Waals surface area contributed by atoms with Crippen LogP contribution in [0.25, 0.3) is 0 Å². The van der Waals surface area contributed by atoms with Crippen molar-refractivity contribution >= 4 is 23.2 Å². The Bertz CT molecular complexity index is 931. The third kappa shape index (κ3) is 6.29. The van der Waals surface area contributed by atoms with Gasteiger partial charge in [-0.1, -0.05) is 30.3 Å². The molecule has 0 aliphatic rings. The minimum absolute atomic E-state index is 0.183. The van der Waals surface area contributed by atoms with E-state index in [-0.39, 0.29) is 11.8 Å². The maximum atomic E-state index is 11.4. The minimum Gasteiger partial charge on any atom is -0.346 e. The lowest BCUT2D eigenvalue weighted by atomic mass is 10.1.